The van der Waals surface area contributed by atoms with E-state index in [1.54, 1.807) is 11.0 Å². The monoisotopic (exact) mass is 467 g/mol. The summed E-state index contributed by atoms with van der Waals surface area (Å²) in [6.45, 7) is 0.0229. The van der Waals surface area contributed by atoms with E-state index in [4.69, 9.17) is 18.9 Å². The van der Waals surface area contributed by atoms with Gasteiger partial charge in [0.05, 0.1) is 20.3 Å². The molecule has 2 heterocycles. The lowest BCUT2D eigenvalue weighted by Crippen LogP contribution is -2.53. The van der Waals surface area contributed by atoms with Crippen molar-refractivity contribution in [2.24, 2.45) is 0 Å². The Morgan fingerprint density at radius 2 is 1.94 bits per heavy atom. The third-order valence-corrected chi connectivity index (χ3v) is 5.81. The molecule has 0 unspecified atom stereocenters. The summed E-state index contributed by atoms with van der Waals surface area (Å²) >= 11 is 0. The van der Waals surface area contributed by atoms with Crippen LogP contribution in [0, 0.1) is 0 Å². The van der Waals surface area contributed by atoms with Crippen LogP contribution in [0.5, 0.6) is 11.5 Å². The number of halogens is 3. The second kappa shape index (κ2) is 9.58. The number of amides is 1. The van der Waals surface area contributed by atoms with Crippen LogP contribution in [0.15, 0.2) is 48.5 Å². The topological polar surface area (TPSA) is 66.5 Å². The molecule has 0 saturated carbocycles. The van der Waals surface area contributed by atoms with Crippen molar-refractivity contribution in [3.8, 4) is 11.5 Å². The summed E-state index contributed by atoms with van der Waals surface area (Å²) in [6, 6.07) is 14.4. The van der Waals surface area contributed by atoms with E-state index in [1.807, 2.05) is 30.3 Å². The van der Waals surface area contributed by atoms with E-state index in [0.717, 1.165) is 5.56 Å². The van der Waals surface area contributed by atoms with Crippen molar-refractivity contribution in [3.05, 3.63) is 59.7 Å². The normalized spacial score (nSPS) is 22.7. The standard InChI is InChI=1S/C23H24F3NO6/c1-29-19-13-16(7-8-18(19)30-11-12-32-23(24,25)26)21(28)27-10-9-22(17-5-3-2-4-6-17)20(14-27)31-15-33-22/h2-8,13,20H,9-12,14-15H2,1H3/t20-,22-/m0/s1. The molecule has 2 aromatic rings. The fourth-order valence-electron chi connectivity index (χ4n) is 4.20. The zero-order valence-electron chi connectivity index (χ0n) is 18.0. The van der Waals surface area contributed by atoms with Gasteiger partial charge < -0.3 is 23.8 Å². The Hall–Kier alpha value is -2.82. The van der Waals surface area contributed by atoms with Gasteiger partial charge in [-0.15, -0.1) is 13.2 Å². The molecule has 1 amide bonds. The number of hydrogen-bond donors (Lipinski definition) is 0. The number of ether oxygens (including phenoxy) is 5. The Morgan fingerprint density at radius 3 is 2.67 bits per heavy atom. The van der Waals surface area contributed by atoms with E-state index in [9.17, 15) is 18.0 Å². The molecule has 7 nitrogen and oxygen atoms in total. The first-order valence-corrected chi connectivity index (χ1v) is 10.4. The minimum Gasteiger partial charge on any atom is -0.493 e. The summed E-state index contributed by atoms with van der Waals surface area (Å²) in [5.74, 6) is 0.246. The highest BCUT2D eigenvalue weighted by molar-refractivity contribution is 5.95. The van der Waals surface area contributed by atoms with Crippen LogP contribution >= 0.6 is 0 Å². The van der Waals surface area contributed by atoms with Crippen molar-refractivity contribution in [1.29, 1.82) is 0 Å². The molecule has 0 spiro atoms. The molecule has 0 bridgehead atoms. The Morgan fingerprint density at radius 1 is 1.15 bits per heavy atom. The van der Waals surface area contributed by atoms with E-state index >= 15 is 0 Å². The number of piperidine rings is 1. The molecule has 10 heteroatoms. The molecule has 2 atom stereocenters. The van der Waals surface area contributed by atoms with Crippen molar-refractivity contribution >= 4 is 5.91 Å². The maximum Gasteiger partial charge on any atom is 0.522 e. The number of likely N-dealkylation sites (tertiary alicyclic amines) is 1. The first-order valence-electron chi connectivity index (χ1n) is 10.4. The summed E-state index contributed by atoms with van der Waals surface area (Å²) in [6.07, 6.45) is -4.43. The van der Waals surface area contributed by atoms with Crippen LogP contribution in [0.25, 0.3) is 0 Å². The van der Waals surface area contributed by atoms with Crippen molar-refractivity contribution < 1.29 is 41.7 Å². The van der Waals surface area contributed by atoms with E-state index in [0.29, 0.717) is 25.1 Å². The first kappa shape index (κ1) is 23.3. The number of alkyl halides is 3. The SMILES string of the molecule is COc1cc(C(=O)N2CC[C@@]3(c4ccccc4)OCO[C@H]3C2)ccc1OCCOC(F)(F)F. The molecular formula is C23H24F3NO6. The van der Waals surface area contributed by atoms with Gasteiger partial charge in [0.15, 0.2) is 11.5 Å². The molecule has 2 aliphatic rings. The molecule has 2 saturated heterocycles. The Labute approximate surface area is 188 Å². The number of benzene rings is 2. The van der Waals surface area contributed by atoms with E-state index < -0.39 is 18.6 Å². The maximum absolute atomic E-state index is 13.2. The summed E-state index contributed by atoms with van der Waals surface area (Å²) in [5.41, 5.74) is 0.820. The van der Waals surface area contributed by atoms with Gasteiger partial charge in [-0.25, -0.2) is 0 Å². The van der Waals surface area contributed by atoms with Crippen molar-refractivity contribution in [2.45, 2.75) is 24.5 Å². The molecule has 4 rings (SSSR count). The molecule has 0 aliphatic carbocycles. The fourth-order valence-corrected chi connectivity index (χ4v) is 4.20. The van der Waals surface area contributed by atoms with Gasteiger partial charge in [-0.2, -0.15) is 0 Å². The molecule has 2 aromatic carbocycles. The number of rotatable bonds is 7. The van der Waals surface area contributed by atoms with Crippen LogP contribution in [-0.4, -0.2) is 63.5 Å². The highest BCUT2D eigenvalue weighted by Crippen LogP contribution is 2.42. The molecule has 0 radical (unpaired) electrons. The Kier molecular flexibility index (Phi) is 6.78. The van der Waals surface area contributed by atoms with Crippen LogP contribution in [0.1, 0.15) is 22.3 Å². The van der Waals surface area contributed by atoms with Gasteiger partial charge in [-0.05, 0) is 23.8 Å². The lowest BCUT2D eigenvalue weighted by molar-refractivity contribution is -0.325. The molecule has 33 heavy (non-hydrogen) atoms. The van der Waals surface area contributed by atoms with Crippen LogP contribution in [0.2, 0.25) is 0 Å². The number of methoxy groups -OCH3 is 1. The molecule has 0 N–H and O–H groups in total. The largest absolute Gasteiger partial charge is 0.522 e. The molecule has 2 fully saturated rings. The quantitative estimate of drug-likeness (QED) is 0.579. The number of nitrogens with zero attached hydrogens (tertiary/aromatic N) is 1. The van der Waals surface area contributed by atoms with Gasteiger partial charge >= 0.3 is 6.36 Å². The van der Waals surface area contributed by atoms with Crippen LogP contribution in [0.4, 0.5) is 13.2 Å². The van der Waals surface area contributed by atoms with Gasteiger partial charge in [0, 0.05) is 18.5 Å². The van der Waals surface area contributed by atoms with E-state index in [2.05, 4.69) is 4.74 Å². The fraction of sp³-hybridized carbons (Fsp3) is 0.435. The summed E-state index contributed by atoms with van der Waals surface area (Å²) in [4.78, 5) is 14.9. The average Bonchev–Trinajstić information content (AvgIpc) is 3.26. The van der Waals surface area contributed by atoms with E-state index in [-0.39, 0.29) is 36.9 Å². The number of fused-ring (bicyclic) bond motifs is 1. The first-order chi connectivity index (χ1) is 15.8. The summed E-state index contributed by atoms with van der Waals surface area (Å²) in [5, 5.41) is 0. The zero-order chi connectivity index (χ0) is 23.5. The van der Waals surface area contributed by atoms with Crippen LogP contribution in [0.3, 0.4) is 0 Å². The minimum absolute atomic E-state index is 0.166. The molecule has 178 valence electrons. The zero-order valence-corrected chi connectivity index (χ0v) is 18.0. The maximum atomic E-state index is 13.2. The molecule has 2 aliphatic heterocycles. The number of carbonyl (C=O) groups excluding carboxylic acids is 1. The van der Waals surface area contributed by atoms with Crippen molar-refractivity contribution in [2.75, 3.05) is 40.2 Å². The Bertz CT molecular complexity index is 970. The second-order valence-electron chi connectivity index (χ2n) is 7.68. The van der Waals surface area contributed by atoms with Gasteiger partial charge in [-0.3, -0.25) is 9.53 Å². The van der Waals surface area contributed by atoms with Crippen molar-refractivity contribution in [3.63, 3.8) is 0 Å². The third-order valence-electron chi connectivity index (χ3n) is 5.81. The predicted molar refractivity (Wildman–Crippen MR) is 110 cm³/mol. The minimum atomic E-state index is -4.72. The predicted octanol–water partition coefficient (Wildman–Crippen LogP) is 3.72. The lowest BCUT2D eigenvalue weighted by atomic mass is 9.82. The van der Waals surface area contributed by atoms with Crippen LogP contribution in [-0.2, 0) is 19.8 Å². The molecule has 0 aromatic heterocycles. The van der Waals surface area contributed by atoms with Crippen LogP contribution < -0.4 is 9.47 Å². The Balaban J connectivity index is 1.42. The molecular weight excluding hydrogens is 443 g/mol. The van der Waals surface area contributed by atoms with Gasteiger partial charge in [0.1, 0.15) is 25.1 Å². The average molecular weight is 467 g/mol. The number of carbonyl (C=O) groups is 1. The summed E-state index contributed by atoms with van der Waals surface area (Å²) in [7, 11) is 1.39. The second-order valence-corrected chi connectivity index (χ2v) is 7.68. The highest BCUT2D eigenvalue weighted by atomic mass is 19.4. The third kappa shape index (κ3) is 5.07. The smallest absolute Gasteiger partial charge is 0.493 e. The highest BCUT2D eigenvalue weighted by Gasteiger charge is 2.51. The number of hydrogen-bond acceptors (Lipinski definition) is 6. The van der Waals surface area contributed by atoms with Gasteiger partial charge in [0.2, 0.25) is 0 Å². The van der Waals surface area contributed by atoms with Gasteiger partial charge in [0.25, 0.3) is 5.91 Å². The van der Waals surface area contributed by atoms with E-state index in [1.165, 1.54) is 19.2 Å². The van der Waals surface area contributed by atoms with Crippen molar-refractivity contribution in [1.82, 2.24) is 4.90 Å². The van der Waals surface area contributed by atoms with Gasteiger partial charge in [-0.1, -0.05) is 30.3 Å². The summed E-state index contributed by atoms with van der Waals surface area (Å²) < 4.78 is 62.3. The lowest BCUT2D eigenvalue weighted by Gasteiger charge is -2.42.